The van der Waals surface area contributed by atoms with E-state index in [0.717, 1.165) is 12.5 Å². The van der Waals surface area contributed by atoms with Gasteiger partial charge in [-0.05, 0) is 45.8 Å². The van der Waals surface area contributed by atoms with Crippen LogP contribution in [0.25, 0.3) is 0 Å². The van der Waals surface area contributed by atoms with Gasteiger partial charge in [0.1, 0.15) is 0 Å². The van der Waals surface area contributed by atoms with Gasteiger partial charge in [0.05, 0.1) is 0 Å². The summed E-state index contributed by atoms with van der Waals surface area (Å²) >= 11 is 0. The van der Waals surface area contributed by atoms with Crippen molar-refractivity contribution in [2.75, 3.05) is 20.6 Å². The van der Waals surface area contributed by atoms with Gasteiger partial charge < -0.3 is 10.2 Å². The van der Waals surface area contributed by atoms with Crippen LogP contribution in [0.15, 0.2) is 0 Å². The van der Waals surface area contributed by atoms with Crippen molar-refractivity contribution in [3.8, 4) is 0 Å². The lowest BCUT2D eigenvalue weighted by Crippen LogP contribution is -2.60. The fourth-order valence-corrected chi connectivity index (χ4v) is 3.58. The molecule has 0 aromatic carbocycles. The molecule has 0 radical (unpaired) electrons. The molecule has 0 bridgehead atoms. The molecule has 2 heteroatoms. The van der Waals surface area contributed by atoms with Crippen molar-refractivity contribution < 1.29 is 0 Å². The van der Waals surface area contributed by atoms with Gasteiger partial charge in [0.15, 0.2) is 0 Å². The Balaban J connectivity index is 2.82. The predicted octanol–water partition coefficient (Wildman–Crippen LogP) is 3.67. The maximum atomic E-state index is 3.80. The van der Waals surface area contributed by atoms with E-state index in [2.05, 4.69) is 45.1 Å². The molecule has 1 N–H and O–H groups in total. The number of hydrogen-bond acceptors (Lipinski definition) is 2. The normalized spacial score (nSPS) is 23.0. The third kappa shape index (κ3) is 3.71. The zero-order valence-electron chi connectivity index (χ0n) is 13.3. The fraction of sp³-hybridized carbons (Fsp3) is 1.00. The molecule has 1 aliphatic carbocycles. The largest absolute Gasteiger partial charge is 0.312 e. The van der Waals surface area contributed by atoms with E-state index >= 15 is 0 Å². The van der Waals surface area contributed by atoms with Gasteiger partial charge in [0.2, 0.25) is 0 Å². The third-order valence-electron chi connectivity index (χ3n) is 5.04. The highest BCUT2D eigenvalue weighted by molar-refractivity contribution is 5.00. The molecule has 0 heterocycles. The molecule has 1 fully saturated rings. The van der Waals surface area contributed by atoms with E-state index in [0.29, 0.717) is 11.6 Å². The summed E-state index contributed by atoms with van der Waals surface area (Å²) in [7, 11) is 4.57. The van der Waals surface area contributed by atoms with E-state index in [4.69, 9.17) is 0 Å². The van der Waals surface area contributed by atoms with Gasteiger partial charge in [-0.1, -0.05) is 46.5 Å². The molecule has 0 spiro atoms. The van der Waals surface area contributed by atoms with Crippen molar-refractivity contribution in [2.24, 2.45) is 5.92 Å². The summed E-state index contributed by atoms with van der Waals surface area (Å²) in [5.41, 5.74) is 0.400. The second kappa shape index (κ2) is 7.49. The summed E-state index contributed by atoms with van der Waals surface area (Å²) in [6, 6.07) is 0.660. The smallest absolute Gasteiger partial charge is 0.0356 e. The van der Waals surface area contributed by atoms with Crippen LogP contribution >= 0.6 is 0 Å². The van der Waals surface area contributed by atoms with E-state index in [1.807, 2.05) is 0 Å². The van der Waals surface area contributed by atoms with Crippen LogP contribution in [-0.4, -0.2) is 37.1 Å². The molecule has 0 aliphatic heterocycles. The number of likely N-dealkylation sites (N-methyl/N-ethyl adjacent to an activating group) is 2. The Kier molecular flexibility index (Phi) is 6.65. The minimum Gasteiger partial charge on any atom is -0.312 e. The fourth-order valence-electron chi connectivity index (χ4n) is 3.58. The van der Waals surface area contributed by atoms with Gasteiger partial charge in [-0.2, -0.15) is 0 Å². The number of hydrogen-bond donors (Lipinski definition) is 1. The minimum atomic E-state index is 0.400. The average molecular weight is 254 g/mol. The lowest BCUT2D eigenvalue weighted by atomic mass is 9.72. The molecule has 0 saturated heterocycles. The van der Waals surface area contributed by atoms with Gasteiger partial charge in [-0.15, -0.1) is 0 Å². The van der Waals surface area contributed by atoms with E-state index in [9.17, 15) is 0 Å². The Bertz CT molecular complexity index is 219. The lowest BCUT2D eigenvalue weighted by Gasteiger charge is -2.49. The Morgan fingerprint density at radius 3 is 2.17 bits per heavy atom. The van der Waals surface area contributed by atoms with E-state index in [1.165, 1.54) is 44.9 Å². The van der Waals surface area contributed by atoms with Gasteiger partial charge in [-0.25, -0.2) is 0 Å². The zero-order valence-corrected chi connectivity index (χ0v) is 13.3. The van der Waals surface area contributed by atoms with Crippen LogP contribution in [-0.2, 0) is 0 Å². The second-order valence-electron chi connectivity index (χ2n) is 6.42. The van der Waals surface area contributed by atoms with Crippen LogP contribution < -0.4 is 5.32 Å². The monoisotopic (exact) mass is 254 g/mol. The van der Waals surface area contributed by atoms with Crippen LogP contribution in [0.5, 0.6) is 0 Å². The molecule has 1 aliphatic rings. The molecule has 2 unspecified atom stereocenters. The van der Waals surface area contributed by atoms with Crippen molar-refractivity contribution in [2.45, 2.75) is 77.3 Å². The van der Waals surface area contributed by atoms with Gasteiger partial charge >= 0.3 is 0 Å². The maximum Gasteiger partial charge on any atom is 0.0356 e. The summed E-state index contributed by atoms with van der Waals surface area (Å²) in [6.45, 7) is 8.06. The van der Waals surface area contributed by atoms with E-state index in [-0.39, 0.29) is 0 Å². The Morgan fingerprint density at radius 1 is 1.11 bits per heavy atom. The Hall–Kier alpha value is -0.0800. The van der Waals surface area contributed by atoms with Crippen LogP contribution in [0.4, 0.5) is 0 Å². The highest BCUT2D eigenvalue weighted by Gasteiger charge is 2.41. The number of nitrogens with zero attached hydrogens (tertiary/aromatic N) is 1. The third-order valence-corrected chi connectivity index (χ3v) is 5.04. The summed E-state index contributed by atoms with van der Waals surface area (Å²) < 4.78 is 0. The molecule has 2 atom stereocenters. The molecule has 18 heavy (non-hydrogen) atoms. The molecule has 108 valence electrons. The molecular formula is C16H34N2. The van der Waals surface area contributed by atoms with Crippen LogP contribution in [0.1, 0.15) is 65.7 Å². The van der Waals surface area contributed by atoms with Crippen molar-refractivity contribution >= 4 is 0 Å². The topological polar surface area (TPSA) is 15.3 Å². The van der Waals surface area contributed by atoms with E-state index in [1.54, 1.807) is 0 Å². The van der Waals surface area contributed by atoms with Crippen LogP contribution in [0.2, 0.25) is 0 Å². The SMILES string of the molecule is CCNC(CC(C)CC)C1(N(C)C)CCCCC1. The number of nitrogens with one attached hydrogen (secondary N) is 1. The molecule has 2 nitrogen and oxygen atoms in total. The summed E-state index contributed by atoms with van der Waals surface area (Å²) in [5, 5.41) is 3.80. The van der Waals surface area contributed by atoms with Crippen molar-refractivity contribution in [3.05, 3.63) is 0 Å². The van der Waals surface area contributed by atoms with Crippen molar-refractivity contribution in [1.29, 1.82) is 0 Å². The summed E-state index contributed by atoms with van der Waals surface area (Å²) in [5.74, 6) is 0.827. The van der Waals surface area contributed by atoms with Crippen molar-refractivity contribution in [3.63, 3.8) is 0 Å². The number of rotatable bonds is 7. The Labute approximate surface area is 115 Å². The van der Waals surface area contributed by atoms with E-state index < -0.39 is 0 Å². The molecule has 1 saturated carbocycles. The zero-order chi connectivity index (χ0) is 13.6. The summed E-state index contributed by atoms with van der Waals surface area (Å²) in [6.07, 6.45) is 9.59. The van der Waals surface area contributed by atoms with Crippen LogP contribution in [0.3, 0.4) is 0 Å². The maximum absolute atomic E-state index is 3.80. The Morgan fingerprint density at radius 2 is 1.72 bits per heavy atom. The van der Waals surface area contributed by atoms with Gasteiger partial charge in [0.25, 0.3) is 0 Å². The minimum absolute atomic E-state index is 0.400. The lowest BCUT2D eigenvalue weighted by molar-refractivity contribution is 0.0481. The van der Waals surface area contributed by atoms with Crippen molar-refractivity contribution in [1.82, 2.24) is 10.2 Å². The predicted molar refractivity (Wildman–Crippen MR) is 81.0 cm³/mol. The standard InChI is InChI=1S/C16H34N2/c1-6-14(3)13-15(17-7-2)16(18(4)5)11-9-8-10-12-16/h14-15,17H,6-13H2,1-5H3. The first-order valence-corrected chi connectivity index (χ1v) is 7.97. The van der Waals surface area contributed by atoms with Gasteiger partial charge in [-0.3, -0.25) is 0 Å². The molecule has 0 amide bonds. The molecule has 1 rings (SSSR count). The molecular weight excluding hydrogens is 220 g/mol. The van der Waals surface area contributed by atoms with Gasteiger partial charge in [0, 0.05) is 11.6 Å². The quantitative estimate of drug-likeness (QED) is 0.746. The highest BCUT2D eigenvalue weighted by atomic mass is 15.2. The average Bonchev–Trinajstić information content (AvgIpc) is 2.38. The highest BCUT2D eigenvalue weighted by Crippen LogP contribution is 2.37. The van der Waals surface area contributed by atoms with Crippen LogP contribution in [0, 0.1) is 5.92 Å². The first kappa shape index (κ1) is 16.0. The first-order chi connectivity index (χ1) is 8.56. The second-order valence-corrected chi connectivity index (χ2v) is 6.42. The molecule has 0 aromatic heterocycles. The first-order valence-electron chi connectivity index (χ1n) is 7.97. The molecule has 0 aromatic rings. The summed E-state index contributed by atoms with van der Waals surface area (Å²) in [4.78, 5) is 2.52.